The molecule has 5 nitrogen and oxygen atoms in total. The second-order valence-corrected chi connectivity index (χ2v) is 5.15. The number of rotatable bonds is 1. The minimum absolute atomic E-state index is 0.339. The molecule has 1 amide bonds. The first-order valence-electron chi connectivity index (χ1n) is 5.27. The third-order valence-electron chi connectivity index (χ3n) is 3.06. The van der Waals surface area contributed by atoms with Crippen LogP contribution in [-0.2, 0) is 6.42 Å². The van der Waals surface area contributed by atoms with E-state index in [1.165, 1.54) is 11.3 Å². The van der Waals surface area contributed by atoms with Crippen LogP contribution in [0.1, 0.15) is 33.5 Å². The molecule has 0 spiro atoms. The number of primary amides is 1. The minimum Gasteiger partial charge on any atom is -0.397 e. The Morgan fingerprint density at radius 1 is 1.59 bits per heavy atom. The van der Waals surface area contributed by atoms with E-state index in [1.54, 1.807) is 0 Å². The molecule has 0 bridgehead atoms. The van der Waals surface area contributed by atoms with Crippen LogP contribution in [0.5, 0.6) is 0 Å². The molecule has 1 aliphatic carbocycles. The number of thiophene rings is 1. The molecule has 2 aromatic rings. The first-order valence-corrected chi connectivity index (χ1v) is 6.09. The van der Waals surface area contributed by atoms with Crippen molar-refractivity contribution in [1.29, 1.82) is 0 Å². The lowest BCUT2D eigenvalue weighted by atomic mass is 10.1. The zero-order chi connectivity index (χ0) is 12.2. The normalized spacial score (nSPS) is 18.5. The first-order chi connectivity index (χ1) is 8.08. The summed E-state index contributed by atoms with van der Waals surface area (Å²) in [6, 6.07) is 1.91. The number of carbonyl (C=O) groups is 1. The molecule has 0 aromatic carbocycles. The number of pyridine rings is 1. The van der Waals surface area contributed by atoms with E-state index >= 15 is 0 Å². The maximum Gasteiger partial charge on any atom is 0.260 e. The number of fused-ring (bicyclic) bond motifs is 2. The first kappa shape index (κ1) is 10.5. The Hall–Kier alpha value is -1.66. The molecular formula is C11H11N3O2S. The van der Waals surface area contributed by atoms with Crippen LogP contribution in [0, 0.1) is 0 Å². The van der Waals surface area contributed by atoms with Gasteiger partial charge in [0.1, 0.15) is 9.71 Å². The van der Waals surface area contributed by atoms with Gasteiger partial charge in [-0.15, -0.1) is 11.3 Å². The zero-order valence-electron chi connectivity index (χ0n) is 8.93. The van der Waals surface area contributed by atoms with Crippen molar-refractivity contribution in [3.05, 3.63) is 22.2 Å². The monoisotopic (exact) mass is 249 g/mol. The number of aliphatic hydroxyl groups excluding tert-OH is 1. The minimum atomic E-state index is -0.536. The standard InChI is InChI=1S/C11H11N3O2S/c12-7-5-3-4-1-2-6(15)8(4)14-11(5)17-9(7)10(13)16/h3,6,15H,1-2,12H2,(H2,13,16). The average Bonchev–Trinajstić information content (AvgIpc) is 2.80. The molecule has 0 saturated heterocycles. The largest absolute Gasteiger partial charge is 0.397 e. The van der Waals surface area contributed by atoms with Crippen LogP contribution in [0.3, 0.4) is 0 Å². The number of aryl methyl sites for hydroxylation is 1. The summed E-state index contributed by atoms with van der Waals surface area (Å²) in [5.74, 6) is -0.536. The van der Waals surface area contributed by atoms with E-state index in [4.69, 9.17) is 11.5 Å². The van der Waals surface area contributed by atoms with Crippen molar-refractivity contribution < 1.29 is 9.90 Å². The third kappa shape index (κ3) is 1.41. The van der Waals surface area contributed by atoms with Gasteiger partial charge in [0.15, 0.2) is 0 Å². The van der Waals surface area contributed by atoms with Crippen molar-refractivity contribution >= 4 is 33.1 Å². The Bertz CT molecular complexity index is 635. The van der Waals surface area contributed by atoms with Crippen molar-refractivity contribution in [1.82, 2.24) is 4.98 Å². The van der Waals surface area contributed by atoms with Gasteiger partial charge >= 0.3 is 0 Å². The maximum absolute atomic E-state index is 11.2. The van der Waals surface area contributed by atoms with Crippen molar-refractivity contribution in [2.24, 2.45) is 5.73 Å². The fourth-order valence-corrected chi connectivity index (χ4v) is 3.13. The second-order valence-electron chi connectivity index (χ2n) is 4.15. The van der Waals surface area contributed by atoms with Crippen molar-refractivity contribution in [2.45, 2.75) is 18.9 Å². The van der Waals surface area contributed by atoms with Gasteiger partial charge in [0, 0.05) is 5.39 Å². The predicted molar refractivity (Wildman–Crippen MR) is 65.8 cm³/mol. The summed E-state index contributed by atoms with van der Waals surface area (Å²) in [6.07, 6.45) is 0.984. The van der Waals surface area contributed by atoms with Crippen LogP contribution in [0.2, 0.25) is 0 Å². The van der Waals surface area contributed by atoms with Gasteiger partial charge in [-0.2, -0.15) is 0 Å². The quantitative estimate of drug-likeness (QED) is 0.700. The third-order valence-corrected chi connectivity index (χ3v) is 4.19. The predicted octanol–water partition coefficient (Wildman–Crippen LogP) is 0.957. The van der Waals surface area contributed by atoms with Crippen LogP contribution in [0.15, 0.2) is 6.07 Å². The molecule has 2 heterocycles. The van der Waals surface area contributed by atoms with Crippen molar-refractivity contribution in [2.75, 3.05) is 5.73 Å². The Labute approximate surface area is 101 Å². The maximum atomic E-state index is 11.2. The number of nitrogen functional groups attached to an aromatic ring is 1. The summed E-state index contributed by atoms with van der Waals surface area (Å²) in [7, 11) is 0. The molecule has 17 heavy (non-hydrogen) atoms. The van der Waals surface area contributed by atoms with Gasteiger partial charge in [-0.05, 0) is 24.5 Å². The lowest BCUT2D eigenvalue weighted by Gasteiger charge is -2.02. The number of hydrogen-bond acceptors (Lipinski definition) is 5. The second kappa shape index (κ2) is 3.41. The zero-order valence-corrected chi connectivity index (χ0v) is 9.75. The van der Waals surface area contributed by atoms with E-state index in [1.807, 2.05) is 6.07 Å². The number of hydrogen-bond donors (Lipinski definition) is 3. The van der Waals surface area contributed by atoms with E-state index in [2.05, 4.69) is 4.98 Å². The van der Waals surface area contributed by atoms with Gasteiger partial charge in [0.05, 0.1) is 17.5 Å². The highest BCUT2D eigenvalue weighted by Gasteiger charge is 2.24. The summed E-state index contributed by atoms with van der Waals surface area (Å²) < 4.78 is 0. The van der Waals surface area contributed by atoms with Crippen LogP contribution in [0.25, 0.3) is 10.2 Å². The van der Waals surface area contributed by atoms with Crippen molar-refractivity contribution in [3.8, 4) is 0 Å². The van der Waals surface area contributed by atoms with Gasteiger partial charge < -0.3 is 16.6 Å². The summed E-state index contributed by atoms with van der Waals surface area (Å²) in [5.41, 5.74) is 13.2. The molecule has 0 aliphatic heterocycles. The number of carbonyl (C=O) groups excluding carboxylic acids is 1. The van der Waals surface area contributed by atoms with Gasteiger partial charge in [-0.1, -0.05) is 0 Å². The molecule has 5 N–H and O–H groups in total. The molecule has 0 saturated carbocycles. The van der Waals surface area contributed by atoms with E-state index in [0.717, 1.165) is 17.4 Å². The molecule has 1 aliphatic rings. The van der Waals surface area contributed by atoms with E-state index < -0.39 is 12.0 Å². The highest BCUT2D eigenvalue weighted by atomic mass is 32.1. The smallest absolute Gasteiger partial charge is 0.260 e. The Balaban J connectivity index is 2.30. The molecule has 2 aromatic heterocycles. The molecule has 1 unspecified atom stereocenters. The number of aromatic nitrogens is 1. The number of nitrogens with zero attached hydrogens (tertiary/aromatic N) is 1. The van der Waals surface area contributed by atoms with Crippen LogP contribution >= 0.6 is 11.3 Å². The number of anilines is 1. The SMILES string of the molecule is NC(=O)c1sc2nc3c(cc2c1N)CCC3O. The fraction of sp³-hybridized carbons (Fsp3) is 0.273. The Kier molecular flexibility index (Phi) is 2.11. The molecular weight excluding hydrogens is 238 g/mol. The topological polar surface area (TPSA) is 102 Å². The van der Waals surface area contributed by atoms with E-state index in [-0.39, 0.29) is 0 Å². The number of amides is 1. The van der Waals surface area contributed by atoms with Crippen LogP contribution in [-0.4, -0.2) is 16.0 Å². The summed E-state index contributed by atoms with van der Waals surface area (Å²) in [4.78, 5) is 16.6. The lowest BCUT2D eigenvalue weighted by Crippen LogP contribution is -2.10. The molecule has 88 valence electrons. The molecule has 1 atom stereocenters. The molecule has 0 radical (unpaired) electrons. The Morgan fingerprint density at radius 3 is 3.06 bits per heavy atom. The molecule has 0 fully saturated rings. The van der Waals surface area contributed by atoms with E-state index in [9.17, 15) is 9.90 Å². The van der Waals surface area contributed by atoms with Crippen molar-refractivity contribution in [3.63, 3.8) is 0 Å². The summed E-state index contributed by atoms with van der Waals surface area (Å²) >= 11 is 1.18. The lowest BCUT2D eigenvalue weighted by molar-refractivity contribution is 0.100. The Morgan fingerprint density at radius 2 is 2.35 bits per heavy atom. The van der Waals surface area contributed by atoms with Gasteiger partial charge in [-0.3, -0.25) is 4.79 Å². The summed E-state index contributed by atoms with van der Waals surface area (Å²) in [6.45, 7) is 0. The highest BCUT2D eigenvalue weighted by molar-refractivity contribution is 7.21. The van der Waals surface area contributed by atoms with Gasteiger partial charge in [0.25, 0.3) is 5.91 Å². The molecule has 3 rings (SSSR count). The molecule has 6 heteroatoms. The van der Waals surface area contributed by atoms with Gasteiger partial charge in [0.2, 0.25) is 0 Å². The number of nitrogens with two attached hydrogens (primary N) is 2. The van der Waals surface area contributed by atoms with E-state index in [0.29, 0.717) is 27.5 Å². The fourth-order valence-electron chi connectivity index (χ4n) is 2.20. The highest BCUT2D eigenvalue weighted by Crippen LogP contribution is 2.38. The average molecular weight is 249 g/mol. The van der Waals surface area contributed by atoms with Crippen LogP contribution < -0.4 is 11.5 Å². The number of aliphatic hydroxyl groups is 1. The van der Waals surface area contributed by atoms with Crippen LogP contribution in [0.4, 0.5) is 5.69 Å². The summed E-state index contributed by atoms with van der Waals surface area (Å²) in [5, 5.41) is 10.5. The van der Waals surface area contributed by atoms with Gasteiger partial charge in [-0.25, -0.2) is 4.98 Å².